The van der Waals surface area contributed by atoms with Crippen LogP contribution in [0.25, 0.3) is 0 Å². The fourth-order valence-corrected chi connectivity index (χ4v) is 2.06. The summed E-state index contributed by atoms with van der Waals surface area (Å²) in [6, 6.07) is 13.5. The van der Waals surface area contributed by atoms with Crippen molar-refractivity contribution >= 4 is 11.8 Å². The van der Waals surface area contributed by atoms with Gasteiger partial charge in [0.25, 0.3) is 0 Å². The van der Waals surface area contributed by atoms with E-state index in [0.717, 1.165) is 0 Å². The second-order valence-electron chi connectivity index (χ2n) is 5.45. The van der Waals surface area contributed by atoms with Gasteiger partial charge in [-0.15, -0.1) is 0 Å². The van der Waals surface area contributed by atoms with Gasteiger partial charge in [0.2, 0.25) is 6.29 Å². The van der Waals surface area contributed by atoms with Crippen molar-refractivity contribution in [1.82, 2.24) is 0 Å². The van der Waals surface area contributed by atoms with Crippen molar-refractivity contribution in [2.75, 3.05) is 7.11 Å². The van der Waals surface area contributed by atoms with Crippen molar-refractivity contribution in [3.8, 4) is 11.5 Å². The Morgan fingerprint density at radius 2 is 1.40 bits per heavy atom. The molecule has 2 aromatic carbocycles. The van der Waals surface area contributed by atoms with E-state index < -0.39 is 12.3 Å². The fraction of sp³-hybridized carbons (Fsp3) is 0.200. The van der Waals surface area contributed by atoms with E-state index >= 15 is 0 Å². The third-order valence-electron chi connectivity index (χ3n) is 3.39. The van der Waals surface area contributed by atoms with E-state index in [2.05, 4.69) is 6.58 Å². The van der Waals surface area contributed by atoms with Gasteiger partial charge in [0.15, 0.2) is 5.78 Å². The SMILES string of the molecule is C=C(C)C(=O)OC(C)Oc1ccc(C(=O)c2ccc(OC)cc2)cc1. The maximum atomic E-state index is 12.4. The molecule has 2 aromatic rings. The molecule has 0 saturated heterocycles. The minimum absolute atomic E-state index is 0.101. The van der Waals surface area contributed by atoms with Crippen molar-refractivity contribution in [3.05, 3.63) is 71.8 Å². The number of rotatable bonds is 7. The van der Waals surface area contributed by atoms with Gasteiger partial charge in [-0.3, -0.25) is 4.79 Å². The van der Waals surface area contributed by atoms with Crippen LogP contribution in [0.4, 0.5) is 0 Å². The lowest BCUT2D eigenvalue weighted by Gasteiger charge is -2.15. The van der Waals surface area contributed by atoms with Gasteiger partial charge < -0.3 is 14.2 Å². The average molecular weight is 340 g/mol. The lowest BCUT2D eigenvalue weighted by Crippen LogP contribution is -2.21. The van der Waals surface area contributed by atoms with E-state index in [1.807, 2.05) is 0 Å². The summed E-state index contributed by atoms with van der Waals surface area (Å²) < 4.78 is 15.6. The standard InChI is InChI=1S/C20H20O5/c1-13(2)20(22)25-14(3)24-18-11-7-16(8-12-18)19(21)15-5-9-17(23-4)10-6-15/h5-12,14H,1H2,2-4H3. The number of carbonyl (C=O) groups is 2. The number of esters is 1. The number of ketones is 1. The fourth-order valence-electron chi connectivity index (χ4n) is 2.06. The van der Waals surface area contributed by atoms with Gasteiger partial charge >= 0.3 is 5.97 Å². The Bertz CT molecular complexity index is 760. The Morgan fingerprint density at radius 3 is 1.84 bits per heavy atom. The zero-order valence-electron chi connectivity index (χ0n) is 14.4. The Hall–Kier alpha value is -3.08. The maximum Gasteiger partial charge on any atom is 0.336 e. The molecule has 0 bridgehead atoms. The lowest BCUT2D eigenvalue weighted by atomic mass is 10.0. The molecule has 1 atom stereocenters. The van der Waals surface area contributed by atoms with Crippen LogP contribution in [-0.2, 0) is 9.53 Å². The zero-order valence-corrected chi connectivity index (χ0v) is 14.4. The first-order valence-corrected chi connectivity index (χ1v) is 7.72. The Kier molecular flexibility index (Phi) is 5.95. The molecule has 0 spiro atoms. The molecule has 25 heavy (non-hydrogen) atoms. The number of carbonyl (C=O) groups excluding carboxylic acids is 2. The van der Waals surface area contributed by atoms with Crippen LogP contribution in [0.5, 0.6) is 11.5 Å². The van der Waals surface area contributed by atoms with Crippen molar-refractivity contribution < 1.29 is 23.8 Å². The third kappa shape index (κ3) is 4.94. The van der Waals surface area contributed by atoms with Gasteiger partial charge in [-0.25, -0.2) is 4.79 Å². The van der Waals surface area contributed by atoms with Crippen LogP contribution in [0.15, 0.2) is 60.7 Å². The molecule has 0 aliphatic heterocycles. The van der Waals surface area contributed by atoms with Crippen LogP contribution in [0.3, 0.4) is 0 Å². The van der Waals surface area contributed by atoms with Crippen LogP contribution in [-0.4, -0.2) is 25.2 Å². The average Bonchev–Trinajstić information content (AvgIpc) is 2.61. The predicted octanol–water partition coefficient (Wildman–Crippen LogP) is 3.77. The minimum Gasteiger partial charge on any atom is -0.497 e. The highest BCUT2D eigenvalue weighted by Gasteiger charge is 2.13. The van der Waals surface area contributed by atoms with Gasteiger partial charge in [0, 0.05) is 23.6 Å². The molecule has 0 fully saturated rings. The molecule has 5 nitrogen and oxygen atoms in total. The van der Waals surface area contributed by atoms with Crippen LogP contribution in [0.1, 0.15) is 29.8 Å². The second-order valence-corrected chi connectivity index (χ2v) is 5.45. The zero-order chi connectivity index (χ0) is 18.4. The smallest absolute Gasteiger partial charge is 0.336 e. The number of methoxy groups -OCH3 is 1. The van der Waals surface area contributed by atoms with Gasteiger partial charge in [-0.1, -0.05) is 6.58 Å². The summed E-state index contributed by atoms with van der Waals surface area (Å²) in [5, 5.41) is 0. The summed E-state index contributed by atoms with van der Waals surface area (Å²) in [5.41, 5.74) is 1.40. The molecule has 1 unspecified atom stereocenters. The number of hydrogen-bond donors (Lipinski definition) is 0. The molecule has 0 aliphatic rings. The summed E-state index contributed by atoms with van der Waals surface area (Å²) in [4.78, 5) is 23.9. The normalized spacial score (nSPS) is 11.3. The molecular weight excluding hydrogens is 320 g/mol. The minimum atomic E-state index is -0.757. The van der Waals surface area contributed by atoms with Crippen LogP contribution in [0.2, 0.25) is 0 Å². The van der Waals surface area contributed by atoms with E-state index in [9.17, 15) is 9.59 Å². The van der Waals surface area contributed by atoms with Gasteiger partial charge in [-0.05, 0) is 55.5 Å². The molecule has 0 amide bonds. The van der Waals surface area contributed by atoms with Crippen molar-refractivity contribution in [2.45, 2.75) is 20.1 Å². The Morgan fingerprint density at radius 1 is 0.920 bits per heavy atom. The topological polar surface area (TPSA) is 61.8 Å². The molecule has 0 radical (unpaired) electrons. The van der Waals surface area contributed by atoms with E-state index in [1.54, 1.807) is 69.5 Å². The largest absolute Gasteiger partial charge is 0.497 e. The van der Waals surface area contributed by atoms with E-state index in [-0.39, 0.29) is 5.78 Å². The summed E-state index contributed by atoms with van der Waals surface area (Å²) in [7, 11) is 1.57. The van der Waals surface area contributed by atoms with Crippen LogP contribution >= 0.6 is 0 Å². The summed E-state index contributed by atoms with van der Waals surface area (Å²) in [6.07, 6.45) is -0.757. The van der Waals surface area contributed by atoms with Gasteiger partial charge in [0.05, 0.1) is 7.11 Å². The highest BCUT2D eigenvalue weighted by molar-refractivity contribution is 6.09. The van der Waals surface area contributed by atoms with Gasteiger partial charge in [-0.2, -0.15) is 0 Å². The summed E-state index contributed by atoms with van der Waals surface area (Å²) in [6.45, 7) is 6.68. The molecule has 0 aromatic heterocycles. The van der Waals surface area contributed by atoms with Crippen LogP contribution in [0, 0.1) is 0 Å². The van der Waals surface area contributed by atoms with Crippen molar-refractivity contribution in [2.24, 2.45) is 0 Å². The molecule has 0 N–H and O–H groups in total. The van der Waals surface area contributed by atoms with E-state index in [4.69, 9.17) is 14.2 Å². The molecule has 0 heterocycles. The molecular formula is C20H20O5. The molecule has 0 aliphatic carbocycles. The number of ether oxygens (including phenoxy) is 3. The predicted molar refractivity (Wildman–Crippen MR) is 93.9 cm³/mol. The number of benzene rings is 2. The molecule has 2 rings (SSSR count). The van der Waals surface area contributed by atoms with Crippen molar-refractivity contribution in [1.29, 1.82) is 0 Å². The monoisotopic (exact) mass is 340 g/mol. The van der Waals surface area contributed by atoms with E-state index in [1.165, 1.54) is 0 Å². The first-order chi connectivity index (χ1) is 11.9. The summed E-state index contributed by atoms with van der Waals surface area (Å²) in [5.74, 6) is 0.571. The van der Waals surface area contributed by atoms with Crippen LogP contribution < -0.4 is 9.47 Å². The van der Waals surface area contributed by atoms with Crippen molar-refractivity contribution in [3.63, 3.8) is 0 Å². The second kappa shape index (κ2) is 8.15. The summed E-state index contributed by atoms with van der Waals surface area (Å²) >= 11 is 0. The Balaban J connectivity index is 2.02. The highest BCUT2D eigenvalue weighted by Crippen LogP contribution is 2.19. The third-order valence-corrected chi connectivity index (χ3v) is 3.39. The highest BCUT2D eigenvalue weighted by atomic mass is 16.7. The molecule has 5 heteroatoms. The first-order valence-electron chi connectivity index (χ1n) is 7.72. The first kappa shape index (κ1) is 18.3. The molecule has 0 saturated carbocycles. The maximum absolute atomic E-state index is 12.4. The van der Waals surface area contributed by atoms with Gasteiger partial charge in [0.1, 0.15) is 11.5 Å². The molecule has 130 valence electrons. The lowest BCUT2D eigenvalue weighted by molar-refractivity contribution is -0.156. The van der Waals surface area contributed by atoms with E-state index in [0.29, 0.717) is 28.2 Å². The number of hydrogen-bond acceptors (Lipinski definition) is 5. The quantitative estimate of drug-likeness (QED) is 0.332. The Labute approximate surface area is 146 Å².